The van der Waals surface area contributed by atoms with Crippen LogP contribution in [0.5, 0.6) is 0 Å². The summed E-state index contributed by atoms with van der Waals surface area (Å²) in [5.74, 6) is -1.20. The molecule has 16 heavy (non-hydrogen) atoms. The van der Waals surface area contributed by atoms with Crippen LogP contribution in [0.4, 0.5) is 0 Å². The van der Waals surface area contributed by atoms with Crippen LogP contribution in [0.2, 0.25) is 0 Å². The summed E-state index contributed by atoms with van der Waals surface area (Å²) in [4.78, 5) is 29.8. The smallest absolute Gasteiger partial charge is 0.355 e. The van der Waals surface area contributed by atoms with Crippen LogP contribution < -0.4 is 5.69 Å². The van der Waals surface area contributed by atoms with Crippen LogP contribution in [0.25, 0.3) is 0 Å². The number of carboxylic acid groups (broad SMARTS) is 1. The van der Waals surface area contributed by atoms with Gasteiger partial charge in [0.05, 0.1) is 6.61 Å². The maximum Gasteiger partial charge on any atom is 0.355 e. The summed E-state index contributed by atoms with van der Waals surface area (Å²) in [6, 6.07) is 0. The van der Waals surface area contributed by atoms with Gasteiger partial charge in [0.2, 0.25) is 0 Å². The third-order valence-electron chi connectivity index (χ3n) is 2.50. The number of rotatable bonds is 3. The largest absolute Gasteiger partial charge is 0.476 e. The van der Waals surface area contributed by atoms with Gasteiger partial charge in [-0.1, -0.05) is 0 Å². The highest BCUT2D eigenvalue weighted by molar-refractivity contribution is 5.87. The maximum absolute atomic E-state index is 11.1. The predicted octanol–water partition coefficient (Wildman–Crippen LogP) is -1.22. The van der Waals surface area contributed by atoms with Crippen molar-refractivity contribution in [1.82, 2.24) is 14.9 Å². The van der Waals surface area contributed by atoms with Crippen LogP contribution in [-0.4, -0.2) is 44.2 Å². The molecule has 0 aromatic carbocycles. The zero-order valence-corrected chi connectivity index (χ0v) is 8.43. The number of nitrogens with zero attached hydrogens (tertiary/aromatic N) is 2. The third-order valence-corrected chi connectivity index (χ3v) is 2.50. The lowest BCUT2D eigenvalue weighted by molar-refractivity contribution is 0.0688. The molecular weight excluding hydrogens is 214 g/mol. The van der Waals surface area contributed by atoms with Crippen LogP contribution in [-0.2, 0) is 13.1 Å². The topological polar surface area (TPSA) is 107 Å². The van der Waals surface area contributed by atoms with Gasteiger partial charge in [-0.3, -0.25) is 4.90 Å². The molecule has 1 aromatic heterocycles. The summed E-state index contributed by atoms with van der Waals surface area (Å²) < 4.78 is 0. The number of carboxylic acids is 1. The van der Waals surface area contributed by atoms with Crippen molar-refractivity contribution >= 4 is 5.97 Å². The lowest BCUT2D eigenvalue weighted by Crippen LogP contribution is -2.20. The van der Waals surface area contributed by atoms with E-state index in [9.17, 15) is 9.59 Å². The van der Waals surface area contributed by atoms with Gasteiger partial charge in [0.25, 0.3) is 0 Å². The minimum Gasteiger partial charge on any atom is -0.476 e. The van der Waals surface area contributed by atoms with Crippen molar-refractivity contribution in [3.05, 3.63) is 27.4 Å². The summed E-state index contributed by atoms with van der Waals surface area (Å²) in [5, 5.41) is 17.7. The van der Waals surface area contributed by atoms with Gasteiger partial charge in [-0.05, 0) is 0 Å². The minimum atomic E-state index is -1.20. The molecule has 1 aliphatic heterocycles. The zero-order valence-electron chi connectivity index (χ0n) is 8.43. The molecule has 0 unspecified atom stereocenters. The Morgan fingerprint density at radius 1 is 1.50 bits per heavy atom. The van der Waals surface area contributed by atoms with Crippen molar-refractivity contribution in [3.63, 3.8) is 0 Å². The molecule has 1 aliphatic rings. The fourth-order valence-corrected chi connectivity index (χ4v) is 1.83. The Morgan fingerprint density at radius 3 is 2.88 bits per heavy atom. The molecule has 0 fully saturated rings. The summed E-state index contributed by atoms with van der Waals surface area (Å²) in [7, 11) is 0. The molecule has 7 heteroatoms. The lowest BCUT2D eigenvalue weighted by atomic mass is 10.2. The Kier molecular flexibility index (Phi) is 2.71. The third kappa shape index (κ3) is 1.82. The number of nitrogens with one attached hydrogen (secondary N) is 1. The number of β-amino-alcohol motifs (C(OH)–C–C–N with tert-alkyl or cyclic N) is 1. The van der Waals surface area contributed by atoms with Gasteiger partial charge >= 0.3 is 11.7 Å². The average molecular weight is 225 g/mol. The van der Waals surface area contributed by atoms with E-state index < -0.39 is 11.7 Å². The molecule has 0 aliphatic carbocycles. The summed E-state index contributed by atoms with van der Waals surface area (Å²) in [5.41, 5.74) is 0.257. The van der Waals surface area contributed by atoms with Gasteiger partial charge < -0.3 is 15.2 Å². The SMILES string of the molecule is O=C(O)c1nc(=O)[nH]c2c1CN(CCO)C2. The molecule has 0 radical (unpaired) electrons. The summed E-state index contributed by atoms with van der Waals surface area (Å²) in [6.45, 7) is 1.26. The fraction of sp³-hybridized carbons (Fsp3) is 0.444. The second kappa shape index (κ2) is 4.03. The number of aromatic carboxylic acids is 1. The van der Waals surface area contributed by atoms with Crippen LogP contribution in [0.15, 0.2) is 4.79 Å². The highest BCUT2D eigenvalue weighted by atomic mass is 16.4. The molecule has 0 spiro atoms. The molecule has 0 atom stereocenters. The Balaban J connectivity index is 2.40. The van der Waals surface area contributed by atoms with Gasteiger partial charge in [0.1, 0.15) is 0 Å². The number of aromatic amines is 1. The lowest BCUT2D eigenvalue weighted by Gasteiger charge is -2.11. The first-order chi connectivity index (χ1) is 7.61. The van der Waals surface area contributed by atoms with Crippen molar-refractivity contribution < 1.29 is 15.0 Å². The van der Waals surface area contributed by atoms with Crippen molar-refractivity contribution in [1.29, 1.82) is 0 Å². The number of hydrogen-bond donors (Lipinski definition) is 3. The first-order valence-electron chi connectivity index (χ1n) is 4.80. The molecule has 0 bridgehead atoms. The molecule has 2 rings (SSSR count). The Labute approximate surface area is 90.4 Å². The van der Waals surface area contributed by atoms with E-state index >= 15 is 0 Å². The monoisotopic (exact) mass is 225 g/mol. The van der Waals surface area contributed by atoms with E-state index in [0.29, 0.717) is 30.9 Å². The van der Waals surface area contributed by atoms with Crippen molar-refractivity contribution in [2.24, 2.45) is 0 Å². The Hall–Kier alpha value is -1.73. The van der Waals surface area contributed by atoms with Crippen LogP contribution in [0, 0.1) is 0 Å². The number of hydrogen-bond acceptors (Lipinski definition) is 5. The van der Waals surface area contributed by atoms with Crippen molar-refractivity contribution in [2.75, 3.05) is 13.2 Å². The molecule has 7 nitrogen and oxygen atoms in total. The number of H-pyrrole nitrogens is 1. The summed E-state index contributed by atoms with van der Waals surface area (Å²) in [6.07, 6.45) is 0. The highest BCUT2D eigenvalue weighted by Crippen LogP contribution is 2.21. The van der Waals surface area contributed by atoms with Gasteiger partial charge in [-0.2, -0.15) is 4.98 Å². The average Bonchev–Trinajstić information content (AvgIpc) is 2.59. The highest BCUT2D eigenvalue weighted by Gasteiger charge is 2.26. The fourth-order valence-electron chi connectivity index (χ4n) is 1.83. The van der Waals surface area contributed by atoms with Gasteiger partial charge in [0, 0.05) is 30.9 Å². The second-order valence-corrected chi connectivity index (χ2v) is 3.59. The minimum absolute atomic E-state index is 0.00590. The number of aliphatic hydroxyl groups is 1. The van der Waals surface area contributed by atoms with E-state index in [-0.39, 0.29) is 12.3 Å². The van der Waals surface area contributed by atoms with Crippen LogP contribution in [0.1, 0.15) is 21.7 Å². The molecular formula is C9H11N3O4. The van der Waals surface area contributed by atoms with Gasteiger partial charge in [-0.25, -0.2) is 9.59 Å². The first kappa shape index (κ1) is 10.8. The number of fused-ring (bicyclic) bond motifs is 1. The van der Waals surface area contributed by atoms with Gasteiger partial charge in [0.15, 0.2) is 5.69 Å². The van der Waals surface area contributed by atoms with E-state index in [1.165, 1.54) is 0 Å². The molecule has 3 N–H and O–H groups in total. The van der Waals surface area contributed by atoms with Crippen molar-refractivity contribution in [3.8, 4) is 0 Å². The number of carbonyl (C=O) groups is 1. The van der Waals surface area contributed by atoms with Gasteiger partial charge in [-0.15, -0.1) is 0 Å². The number of aromatic nitrogens is 2. The standard InChI is InChI=1S/C9H11N3O4/c13-2-1-12-3-5-6(4-12)10-9(16)11-7(5)8(14)15/h13H,1-4H2,(H,14,15)(H,10,11,16). The van der Waals surface area contributed by atoms with Crippen LogP contribution >= 0.6 is 0 Å². The van der Waals surface area contributed by atoms with E-state index in [1.807, 2.05) is 4.90 Å². The Morgan fingerprint density at radius 2 is 2.25 bits per heavy atom. The Bertz CT molecular complexity index is 482. The first-order valence-corrected chi connectivity index (χ1v) is 4.80. The van der Waals surface area contributed by atoms with E-state index in [0.717, 1.165) is 0 Å². The molecule has 0 saturated heterocycles. The quantitative estimate of drug-likeness (QED) is 0.595. The zero-order chi connectivity index (χ0) is 11.7. The van der Waals surface area contributed by atoms with Crippen LogP contribution in [0.3, 0.4) is 0 Å². The normalized spacial score (nSPS) is 15.1. The molecule has 2 heterocycles. The predicted molar refractivity (Wildman–Crippen MR) is 53.0 cm³/mol. The molecule has 0 saturated carbocycles. The van der Waals surface area contributed by atoms with Crippen molar-refractivity contribution in [2.45, 2.75) is 13.1 Å². The molecule has 0 amide bonds. The molecule has 1 aromatic rings. The second-order valence-electron chi connectivity index (χ2n) is 3.59. The molecule has 86 valence electrons. The van der Waals surface area contributed by atoms with E-state index in [4.69, 9.17) is 10.2 Å². The number of aliphatic hydroxyl groups excluding tert-OH is 1. The van der Waals surface area contributed by atoms with E-state index in [2.05, 4.69) is 9.97 Å². The summed E-state index contributed by atoms with van der Waals surface area (Å²) >= 11 is 0. The van der Waals surface area contributed by atoms with E-state index in [1.54, 1.807) is 0 Å². The maximum atomic E-state index is 11.1.